The van der Waals surface area contributed by atoms with Crippen molar-refractivity contribution in [3.8, 4) is 0 Å². The van der Waals surface area contributed by atoms with Gasteiger partial charge in [0.15, 0.2) is 0 Å². The molecule has 0 aliphatic carbocycles. The summed E-state index contributed by atoms with van der Waals surface area (Å²) >= 11 is 0. The lowest BCUT2D eigenvalue weighted by atomic mass is 9.89. The summed E-state index contributed by atoms with van der Waals surface area (Å²) in [5.74, 6) is -0.0470. The molecule has 1 aliphatic rings. The fourth-order valence-electron chi connectivity index (χ4n) is 2.83. The van der Waals surface area contributed by atoms with Gasteiger partial charge >= 0.3 is 0 Å². The number of ether oxygens (including phenoxy) is 1. The van der Waals surface area contributed by atoms with Gasteiger partial charge in [-0.25, -0.2) is 0 Å². The third kappa shape index (κ3) is 3.76. The normalized spacial score (nSPS) is 25.4. The zero-order chi connectivity index (χ0) is 15.5. The maximum atomic E-state index is 11.6. The summed E-state index contributed by atoms with van der Waals surface area (Å²) in [6.45, 7) is 7.19. The third-order valence-electron chi connectivity index (χ3n) is 4.42. The Morgan fingerprint density at radius 1 is 1.48 bits per heavy atom. The quantitative estimate of drug-likeness (QED) is 0.896. The number of anilines is 1. The molecule has 4 heteroatoms. The molecule has 0 radical (unpaired) electrons. The second-order valence-corrected chi connectivity index (χ2v) is 6.09. The van der Waals surface area contributed by atoms with Gasteiger partial charge in [0.25, 0.3) is 5.91 Å². The zero-order valence-electron chi connectivity index (χ0n) is 13.5. The van der Waals surface area contributed by atoms with Crippen molar-refractivity contribution < 1.29 is 9.53 Å². The van der Waals surface area contributed by atoms with Gasteiger partial charge in [-0.05, 0) is 56.9 Å². The number of hydrogen-bond donors (Lipinski definition) is 2. The van der Waals surface area contributed by atoms with Crippen molar-refractivity contribution in [2.75, 3.05) is 19.0 Å². The number of aryl methyl sites for hydroxylation is 1. The molecular weight excluding hydrogens is 264 g/mol. The highest BCUT2D eigenvalue weighted by atomic mass is 16.5. The highest BCUT2D eigenvalue weighted by Crippen LogP contribution is 2.30. The Balaban J connectivity index is 2.08. The molecule has 1 amide bonds. The van der Waals surface area contributed by atoms with Crippen LogP contribution in [0.15, 0.2) is 18.2 Å². The van der Waals surface area contributed by atoms with E-state index in [1.54, 1.807) is 7.05 Å². The first-order valence-corrected chi connectivity index (χ1v) is 7.70. The number of carbonyl (C=O) groups excluding carboxylic acids is 1. The summed E-state index contributed by atoms with van der Waals surface area (Å²) in [7, 11) is 1.65. The van der Waals surface area contributed by atoms with Crippen LogP contribution < -0.4 is 10.6 Å². The first kappa shape index (κ1) is 15.8. The van der Waals surface area contributed by atoms with E-state index < -0.39 is 0 Å². The van der Waals surface area contributed by atoms with E-state index in [0.29, 0.717) is 11.6 Å². The molecule has 1 aromatic rings. The SMILES string of the molecule is CCC1(C)CC(Nc2ccc(C(=O)NC)cc2C)CCO1. The average Bonchev–Trinajstić information content (AvgIpc) is 2.48. The van der Waals surface area contributed by atoms with Gasteiger partial charge < -0.3 is 15.4 Å². The van der Waals surface area contributed by atoms with Gasteiger partial charge in [0.1, 0.15) is 0 Å². The minimum atomic E-state index is -0.0470. The Morgan fingerprint density at radius 3 is 2.86 bits per heavy atom. The lowest BCUT2D eigenvalue weighted by Gasteiger charge is -2.38. The van der Waals surface area contributed by atoms with Crippen molar-refractivity contribution in [1.29, 1.82) is 0 Å². The lowest BCUT2D eigenvalue weighted by molar-refractivity contribution is -0.0708. The zero-order valence-corrected chi connectivity index (χ0v) is 13.5. The van der Waals surface area contributed by atoms with Crippen LogP contribution >= 0.6 is 0 Å². The molecule has 1 aliphatic heterocycles. The largest absolute Gasteiger partial charge is 0.382 e. The Morgan fingerprint density at radius 2 is 2.24 bits per heavy atom. The molecule has 1 aromatic carbocycles. The number of amides is 1. The van der Waals surface area contributed by atoms with E-state index in [1.807, 2.05) is 25.1 Å². The van der Waals surface area contributed by atoms with E-state index >= 15 is 0 Å². The number of hydrogen-bond acceptors (Lipinski definition) is 3. The van der Waals surface area contributed by atoms with E-state index in [-0.39, 0.29) is 11.5 Å². The van der Waals surface area contributed by atoms with Gasteiger partial charge in [-0.2, -0.15) is 0 Å². The van der Waals surface area contributed by atoms with Crippen LogP contribution in [0.4, 0.5) is 5.69 Å². The summed E-state index contributed by atoms with van der Waals surface area (Å²) in [5.41, 5.74) is 2.88. The summed E-state index contributed by atoms with van der Waals surface area (Å²) in [6, 6.07) is 6.22. The van der Waals surface area contributed by atoms with Crippen molar-refractivity contribution in [1.82, 2.24) is 5.32 Å². The molecule has 2 atom stereocenters. The summed E-state index contributed by atoms with van der Waals surface area (Å²) in [6.07, 6.45) is 3.06. The van der Waals surface area contributed by atoms with Gasteiger partial charge in [0, 0.05) is 30.9 Å². The van der Waals surface area contributed by atoms with Crippen LogP contribution in [0.1, 0.15) is 49.0 Å². The van der Waals surface area contributed by atoms with E-state index in [2.05, 4.69) is 24.5 Å². The maximum absolute atomic E-state index is 11.6. The smallest absolute Gasteiger partial charge is 0.251 e. The second-order valence-electron chi connectivity index (χ2n) is 6.09. The molecule has 0 saturated carbocycles. The average molecular weight is 290 g/mol. The van der Waals surface area contributed by atoms with Gasteiger partial charge in [0.05, 0.1) is 5.60 Å². The first-order chi connectivity index (χ1) is 9.97. The molecule has 2 N–H and O–H groups in total. The molecular formula is C17H26N2O2. The van der Waals surface area contributed by atoms with Crippen LogP contribution in [0.25, 0.3) is 0 Å². The van der Waals surface area contributed by atoms with Crippen LogP contribution in [0, 0.1) is 6.92 Å². The van der Waals surface area contributed by atoms with Gasteiger partial charge in [-0.15, -0.1) is 0 Å². The predicted molar refractivity (Wildman–Crippen MR) is 85.9 cm³/mol. The van der Waals surface area contributed by atoms with Crippen molar-refractivity contribution in [2.24, 2.45) is 0 Å². The predicted octanol–water partition coefficient (Wildman–Crippen LogP) is 3.11. The highest BCUT2D eigenvalue weighted by Gasteiger charge is 2.31. The van der Waals surface area contributed by atoms with E-state index in [0.717, 1.165) is 37.1 Å². The fraction of sp³-hybridized carbons (Fsp3) is 0.588. The van der Waals surface area contributed by atoms with Crippen molar-refractivity contribution >= 4 is 11.6 Å². The van der Waals surface area contributed by atoms with Crippen LogP contribution in [0.2, 0.25) is 0 Å². The molecule has 1 fully saturated rings. The van der Waals surface area contributed by atoms with Crippen molar-refractivity contribution in [2.45, 2.75) is 51.7 Å². The van der Waals surface area contributed by atoms with Gasteiger partial charge in [-0.1, -0.05) is 6.92 Å². The Kier molecular flexibility index (Phi) is 4.88. The fourth-order valence-corrected chi connectivity index (χ4v) is 2.83. The number of benzene rings is 1. The molecule has 1 saturated heterocycles. The Bertz CT molecular complexity index is 516. The molecule has 2 rings (SSSR count). The van der Waals surface area contributed by atoms with E-state index in [1.165, 1.54) is 0 Å². The van der Waals surface area contributed by atoms with E-state index in [4.69, 9.17) is 4.74 Å². The number of nitrogens with one attached hydrogen (secondary N) is 2. The minimum absolute atomic E-state index is 0.0220. The summed E-state index contributed by atoms with van der Waals surface area (Å²) in [5, 5.41) is 6.26. The standard InChI is InChI=1S/C17H26N2O2/c1-5-17(3)11-14(8-9-21-17)19-15-7-6-13(10-12(15)2)16(20)18-4/h6-7,10,14,19H,5,8-9,11H2,1-4H3,(H,18,20). The minimum Gasteiger partial charge on any atom is -0.382 e. The topological polar surface area (TPSA) is 50.4 Å². The van der Waals surface area contributed by atoms with Crippen LogP contribution in [0.5, 0.6) is 0 Å². The monoisotopic (exact) mass is 290 g/mol. The van der Waals surface area contributed by atoms with E-state index in [9.17, 15) is 4.79 Å². The Hall–Kier alpha value is -1.55. The van der Waals surface area contributed by atoms with Crippen molar-refractivity contribution in [3.63, 3.8) is 0 Å². The van der Waals surface area contributed by atoms with Gasteiger partial charge in [-0.3, -0.25) is 4.79 Å². The number of carbonyl (C=O) groups is 1. The van der Waals surface area contributed by atoms with Crippen LogP contribution in [-0.2, 0) is 4.74 Å². The third-order valence-corrected chi connectivity index (χ3v) is 4.42. The molecule has 0 bridgehead atoms. The second kappa shape index (κ2) is 6.48. The lowest BCUT2D eigenvalue weighted by Crippen LogP contribution is -2.41. The van der Waals surface area contributed by atoms with Gasteiger partial charge in [0.2, 0.25) is 0 Å². The molecule has 2 unspecified atom stereocenters. The van der Waals surface area contributed by atoms with Crippen LogP contribution in [0.3, 0.4) is 0 Å². The summed E-state index contributed by atoms with van der Waals surface area (Å²) in [4.78, 5) is 11.6. The molecule has 0 aromatic heterocycles. The number of rotatable bonds is 4. The van der Waals surface area contributed by atoms with Crippen LogP contribution in [-0.4, -0.2) is 31.2 Å². The Labute approximate surface area is 127 Å². The first-order valence-electron chi connectivity index (χ1n) is 7.70. The molecule has 1 heterocycles. The summed E-state index contributed by atoms with van der Waals surface area (Å²) < 4.78 is 5.88. The molecule has 21 heavy (non-hydrogen) atoms. The molecule has 4 nitrogen and oxygen atoms in total. The molecule has 116 valence electrons. The highest BCUT2D eigenvalue weighted by molar-refractivity contribution is 5.94. The molecule has 0 spiro atoms. The maximum Gasteiger partial charge on any atom is 0.251 e. The van der Waals surface area contributed by atoms with Crippen molar-refractivity contribution in [3.05, 3.63) is 29.3 Å².